The molecule has 1 aliphatic heterocycles. The van der Waals surface area contributed by atoms with Crippen molar-refractivity contribution in [3.8, 4) is 0 Å². The summed E-state index contributed by atoms with van der Waals surface area (Å²) in [6, 6.07) is 20.8. The lowest BCUT2D eigenvalue weighted by atomic mass is 10.2. The molecule has 9 heteroatoms. The van der Waals surface area contributed by atoms with E-state index in [1.54, 1.807) is 36.4 Å². The van der Waals surface area contributed by atoms with E-state index in [1.807, 2.05) is 47.1 Å². The minimum atomic E-state index is -3.86. The summed E-state index contributed by atoms with van der Waals surface area (Å²) in [5.41, 5.74) is 2.68. The normalized spacial score (nSPS) is 14.4. The molecule has 0 atom stereocenters. The van der Waals surface area contributed by atoms with Crippen LogP contribution in [0.2, 0.25) is 0 Å². The van der Waals surface area contributed by atoms with Crippen molar-refractivity contribution in [1.82, 2.24) is 9.97 Å². The number of benzene rings is 3. The van der Waals surface area contributed by atoms with Crippen molar-refractivity contribution in [3.05, 3.63) is 84.2 Å². The Hall–Kier alpha value is -3.72. The molecule has 1 aliphatic rings. The summed E-state index contributed by atoms with van der Waals surface area (Å²) in [5, 5.41) is 0. The number of nitrogens with one attached hydrogen (secondary N) is 1. The number of aromatic nitrogens is 2. The summed E-state index contributed by atoms with van der Waals surface area (Å²) < 4.78 is 43.2. The monoisotopic (exact) mass is 477 g/mol. The summed E-state index contributed by atoms with van der Waals surface area (Å²) >= 11 is 0. The van der Waals surface area contributed by atoms with Gasteiger partial charge in [0.15, 0.2) is 11.6 Å². The Morgan fingerprint density at radius 2 is 1.47 bits per heavy atom. The lowest BCUT2D eigenvalue weighted by Crippen LogP contribution is -2.47. The molecule has 5 rings (SSSR count). The average molecular weight is 478 g/mol. The molecule has 0 saturated carbocycles. The van der Waals surface area contributed by atoms with Gasteiger partial charge in [0.05, 0.1) is 21.6 Å². The van der Waals surface area contributed by atoms with Gasteiger partial charge in [-0.25, -0.2) is 22.8 Å². The number of anilines is 3. The first-order chi connectivity index (χ1) is 16.4. The summed E-state index contributed by atoms with van der Waals surface area (Å²) in [5.74, 6) is 0.385. The number of hydrogen-bond donors (Lipinski definition) is 1. The molecule has 3 aromatic carbocycles. The predicted octanol–water partition coefficient (Wildman–Crippen LogP) is 4.20. The number of para-hydroxylation sites is 3. The molecular weight excluding hydrogens is 453 g/mol. The van der Waals surface area contributed by atoms with Gasteiger partial charge in [-0.05, 0) is 48.9 Å². The Balaban J connectivity index is 1.47. The van der Waals surface area contributed by atoms with E-state index in [0.29, 0.717) is 48.7 Å². The van der Waals surface area contributed by atoms with Gasteiger partial charge in [0.2, 0.25) is 0 Å². The molecule has 2 heterocycles. The Kier molecular flexibility index (Phi) is 5.79. The Morgan fingerprint density at radius 1 is 0.824 bits per heavy atom. The van der Waals surface area contributed by atoms with Crippen LogP contribution in [0.5, 0.6) is 0 Å². The summed E-state index contributed by atoms with van der Waals surface area (Å²) in [6.45, 7) is 4.06. The molecule has 1 fully saturated rings. The third kappa shape index (κ3) is 4.38. The number of nitrogens with zero attached hydrogens (tertiary/aromatic N) is 4. The fraction of sp³-hybridized carbons (Fsp3) is 0.200. The third-order valence-corrected chi connectivity index (χ3v) is 7.19. The minimum Gasteiger partial charge on any atom is -0.366 e. The van der Waals surface area contributed by atoms with Crippen molar-refractivity contribution in [2.24, 2.45) is 0 Å². The predicted molar refractivity (Wildman–Crippen MR) is 132 cm³/mol. The van der Waals surface area contributed by atoms with Crippen LogP contribution in [0, 0.1) is 12.7 Å². The molecule has 4 aromatic rings. The van der Waals surface area contributed by atoms with Crippen LogP contribution in [0.15, 0.2) is 77.7 Å². The number of halogens is 1. The highest BCUT2D eigenvalue weighted by molar-refractivity contribution is 7.92. The molecule has 1 N–H and O–H groups in total. The highest BCUT2D eigenvalue weighted by Crippen LogP contribution is 2.29. The van der Waals surface area contributed by atoms with E-state index in [4.69, 9.17) is 4.98 Å². The maximum atomic E-state index is 14.3. The zero-order chi connectivity index (χ0) is 23.7. The van der Waals surface area contributed by atoms with Gasteiger partial charge in [-0.1, -0.05) is 36.4 Å². The highest BCUT2D eigenvalue weighted by Gasteiger charge is 2.26. The topological polar surface area (TPSA) is 78.4 Å². The summed E-state index contributed by atoms with van der Waals surface area (Å²) in [7, 11) is -3.86. The molecule has 34 heavy (non-hydrogen) atoms. The Labute approximate surface area is 197 Å². The quantitative estimate of drug-likeness (QED) is 0.464. The first-order valence-corrected chi connectivity index (χ1v) is 12.5. The largest absolute Gasteiger partial charge is 0.366 e. The molecule has 0 bridgehead atoms. The number of fused-ring (bicyclic) bond motifs is 1. The number of aryl methyl sites for hydroxylation is 1. The first kappa shape index (κ1) is 22.1. The second-order valence-electron chi connectivity index (χ2n) is 8.23. The van der Waals surface area contributed by atoms with Crippen LogP contribution in [0.1, 0.15) is 5.56 Å². The Morgan fingerprint density at radius 3 is 2.18 bits per heavy atom. The fourth-order valence-corrected chi connectivity index (χ4v) is 5.22. The van der Waals surface area contributed by atoms with Crippen LogP contribution < -0.4 is 14.5 Å². The zero-order valence-electron chi connectivity index (χ0n) is 18.6. The molecule has 0 amide bonds. The molecule has 0 unspecified atom stereocenters. The van der Waals surface area contributed by atoms with E-state index in [1.165, 1.54) is 6.07 Å². The molecule has 1 saturated heterocycles. The van der Waals surface area contributed by atoms with Gasteiger partial charge in [-0.15, -0.1) is 0 Å². The van der Waals surface area contributed by atoms with E-state index < -0.39 is 10.0 Å². The van der Waals surface area contributed by atoms with Crippen molar-refractivity contribution >= 4 is 38.4 Å². The molecule has 0 spiro atoms. The maximum absolute atomic E-state index is 14.3. The van der Waals surface area contributed by atoms with E-state index in [0.717, 1.165) is 5.56 Å². The van der Waals surface area contributed by atoms with E-state index in [2.05, 4.69) is 9.71 Å². The number of sulfonamides is 1. The summed E-state index contributed by atoms with van der Waals surface area (Å²) in [6.07, 6.45) is 0. The fourth-order valence-electron chi connectivity index (χ4n) is 4.12. The average Bonchev–Trinajstić information content (AvgIpc) is 2.84. The van der Waals surface area contributed by atoms with Crippen LogP contribution in [-0.2, 0) is 10.0 Å². The second kappa shape index (κ2) is 8.90. The van der Waals surface area contributed by atoms with Gasteiger partial charge in [0.25, 0.3) is 10.0 Å². The van der Waals surface area contributed by atoms with Crippen molar-refractivity contribution in [3.63, 3.8) is 0 Å². The van der Waals surface area contributed by atoms with Crippen LogP contribution >= 0.6 is 0 Å². The van der Waals surface area contributed by atoms with Crippen LogP contribution in [0.3, 0.4) is 0 Å². The smallest absolute Gasteiger partial charge is 0.263 e. The van der Waals surface area contributed by atoms with E-state index in [-0.39, 0.29) is 16.5 Å². The van der Waals surface area contributed by atoms with Crippen LogP contribution in [0.4, 0.5) is 21.7 Å². The van der Waals surface area contributed by atoms with Crippen LogP contribution in [0.25, 0.3) is 11.0 Å². The second-order valence-corrected chi connectivity index (χ2v) is 9.91. The SMILES string of the molecule is Cc1cccc(S(=O)(=O)Nc2nc3ccccc3nc2N2CCN(c3ccccc3F)CC2)c1. The van der Waals surface area contributed by atoms with Gasteiger partial charge >= 0.3 is 0 Å². The van der Waals surface area contributed by atoms with Crippen molar-refractivity contribution in [2.45, 2.75) is 11.8 Å². The number of rotatable bonds is 5. The maximum Gasteiger partial charge on any atom is 0.263 e. The lowest BCUT2D eigenvalue weighted by molar-refractivity contribution is 0.595. The summed E-state index contributed by atoms with van der Waals surface area (Å²) in [4.78, 5) is 13.5. The van der Waals surface area contributed by atoms with Gasteiger partial charge in [-0.3, -0.25) is 4.72 Å². The first-order valence-electron chi connectivity index (χ1n) is 11.0. The van der Waals surface area contributed by atoms with Gasteiger partial charge in [0.1, 0.15) is 5.82 Å². The van der Waals surface area contributed by atoms with Gasteiger partial charge in [0, 0.05) is 26.2 Å². The van der Waals surface area contributed by atoms with Gasteiger partial charge < -0.3 is 9.80 Å². The minimum absolute atomic E-state index is 0.165. The van der Waals surface area contributed by atoms with E-state index >= 15 is 0 Å². The van der Waals surface area contributed by atoms with E-state index in [9.17, 15) is 12.8 Å². The zero-order valence-corrected chi connectivity index (χ0v) is 19.5. The van der Waals surface area contributed by atoms with Crippen molar-refractivity contribution < 1.29 is 12.8 Å². The molecule has 7 nitrogen and oxygen atoms in total. The van der Waals surface area contributed by atoms with Crippen molar-refractivity contribution in [1.29, 1.82) is 0 Å². The number of piperazine rings is 1. The van der Waals surface area contributed by atoms with Gasteiger partial charge in [-0.2, -0.15) is 0 Å². The Bertz CT molecular complexity index is 1450. The highest BCUT2D eigenvalue weighted by atomic mass is 32.2. The number of hydrogen-bond acceptors (Lipinski definition) is 6. The van der Waals surface area contributed by atoms with Crippen molar-refractivity contribution in [2.75, 3.05) is 40.7 Å². The van der Waals surface area contributed by atoms with Crippen LogP contribution in [-0.4, -0.2) is 44.6 Å². The molecule has 1 aromatic heterocycles. The standard InChI is InChI=1S/C25H24FN5O2S/c1-18-7-6-8-19(17-18)34(32,33)29-24-25(28-22-11-4-3-10-21(22)27-24)31-15-13-30(14-16-31)23-12-5-2-9-20(23)26/h2-12,17H,13-16H2,1H3,(H,27,29). The molecule has 0 aliphatic carbocycles. The molecule has 174 valence electrons. The molecular formula is C25H24FN5O2S. The lowest BCUT2D eigenvalue weighted by Gasteiger charge is -2.37. The molecule has 0 radical (unpaired) electrons. The third-order valence-electron chi connectivity index (χ3n) is 5.86.